The maximum atomic E-state index is 12.9. The lowest BCUT2D eigenvalue weighted by molar-refractivity contribution is -0.124. The van der Waals surface area contributed by atoms with Crippen LogP contribution in [0.2, 0.25) is 0 Å². The summed E-state index contributed by atoms with van der Waals surface area (Å²) < 4.78 is 11.4. The van der Waals surface area contributed by atoms with Gasteiger partial charge in [0.05, 0.1) is 0 Å². The summed E-state index contributed by atoms with van der Waals surface area (Å²) in [4.78, 5) is 26.4. The smallest absolute Gasteiger partial charge is 0.290 e. The van der Waals surface area contributed by atoms with Crippen LogP contribution in [0.25, 0.3) is 0 Å². The average molecular weight is 357 g/mol. The Bertz CT molecular complexity index is 787. The lowest BCUT2D eigenvalue weighted by Gasteiger charge is -2.22. The van der Waals surface area contributed by atoms with Crippen molar-refractivity contribution in [2.75, 3.05) is 13.6 Å². The van der Waals surface area contributed by atoms with Gasteiger partial charge >= 0.3 is 0 Å². The van der Waals surface area contributed by atoms with E-state index >= 15 is 0 Å². The molecule has 0 saturated carbocycles. The second-order valence-corrected chi connectivity index (χ2v) is 6.41. The normalized spacial score (nSPS) is 19.4. The largest absolute Gasteiger partial charge is 0.486 e. The molecule has 2 atom stereocenters. The number of hydrogen-bond donors (Lipinski definition) is 2. The van der Waals surface area contributed by atoms with Gasteiger partial charge in [-0.05, 0) is 31.5 Å². The maximum Gasteiger partial charge on any atom is 0.290 e. The number of nitrogens with one attached hydrogen (secondary N) is 1. The minimum absolute atomic E-state index is 0.219. The minimum atomic E-state index is -0.573. The molecule has 138 valence electrons. The van der Waals surface area contributed by atoms with E-state index in [1.54, 1.807) is 20.0 Å². The van der Waals surface area contributed by atoms with Crippen molar-refractivity contribution in [3.8, 4) is 5.75 Å². The first kappa shape index (κ1) is 18.0. The number of amides is 2. The third-order valence-corrected chi connectivity index (χ3v) is 4.43. The van der Waals surface area contributed by atoms with Gasteiger partial charge in [-0.25, -0.2) is 0 Å². The van der Waals surface area contributed by atoms with Gasteiger partial charge < -0.3 is 25.1 Å². The van der Waals surface area contributed by atoms with Crippen LogP contribution in [0, 0.1) is 6.92 Å². The van der Waals surface area contributed by atoms with E-state index in [1.165, 1.54) is 4.90 Å². The van der Waals surface area contributed by atoms with E-state index in [-0.39, 0.29) is 30.2 Å². The Kier molecular flexibility index (Phi) is 5.27. The van der Waals surface area contributed by atoms with Crippen LogP contribution >= 0.6 is 0 Å². The first-order valence-electron chi connectivity index (χ1n) is 8.55. The van der Waals surface area contributed by atoms with Crippen LogP contribution in [0.15, 0.2) is 40.8 Å². The van der Waals surface area contributed by atoms with E-state index < -0.39 is 6.04 Å². The number of benzene rings is 1. The summed E-state index contributed by atoms with van der Waals surface area (Å²) in [6.45, 7) is 2.34. The molecule has 2 amide bonds. The number of likely N-dealkylation sites (tertiary alicyclic amines) is 1. The van der Waals surface area contributed by atoms with Gasteiger partial charge in [-0.1, -0.05) is 18.2 Å². The van der Waals surface area contributed by atoms with Gasteiger partial charge in [0.25, 0.3) is 5.91 Å². The molecule has 1 aromatic carbocycles. The molecule has 3 rings (SSSR count). The Hall–Kier alpha value is -2.80. The summed E-state index contributed by atoms with van der Waals surface area (Å²) in [5, 5.41) is 2.58. The molecule has 0 spiro atoms. The SMILES string of the molecule is CNC(=O)[C@@H]1C[C@H](N)CN1C(=O)c1oc(COc2ccccc2)cc1C. The monoisotopic (exact) mass is 357 g/mol. The fourth-order valence-electron chi connectivity index (χ4n) is 3.14. The predicted octanol–water partition coefficient (Wildman–Crippen LogP) is 1.45. The number of ether oxygens (including phenoxy) is 1. The van der Waals surface area contributed by atoms with Gasteiger partial charge in [-0.15, -0.1) is 0 Å². The highest BCUT2D eigenvalue weighted by Crippen LogP contribution is 2.24. The predicted molar refractivity (Wildman–Crippen MR) is 95.7 cm³/mol. The van der Waals surface area contributed by atoms with E-state index in [1.807, 2.05) is 30.3 Å². The van der Waals surface area contributed by atoms with E-state index in [0.29, 0.717) is 24.3 Å². The Balaban J connectivity index is 1.73. The fraction of sp³-hybridized carbons (Fsp3) is 0.368. The maximum absolute atomic E-state index is 12.9. The number of hydrogen-bond acceptors (Lipinski definition) is 5. The molecule has 1 aliphatic rings. The number of likely N-dealkylation sites (N-methyl/N-ethyl adjacent to an activating group) is 1. The zero-order chi connectivity index (χ0) is 18.7. The number of aryl methyl sites for hydroxylation is 1. The van der Waals surface area contributed by atoms with Crippen LogP contribution < -0.4 is 15.8 Å². The standard InChI is InChI=1S/C19H23N3O4/c1-12-8-15(11-25-14-6-4-3-5-7-14)26-17(12)19(24)22-10-13(20)9-16(22)18(23)21-2/h3-8,13,16H,9-11,20H2,1-2H3,(H,21,23)/t13-,16-/m0/s1. The van der Waals surface area contributed by atoms with Crippen molar-refractivity contribution in [2.24, 2.45) is 5.73 Å². The molecule has 2 aromatic rings. The molecule has 7 nitrogen and oxygen atoms in total. The number of carbonyl (C=O) groups excluding carboxylic acids is 2. The van der Waals surface area contributed by atoms with Crippen LogP contribution in [0.5, 0.6) is 5.75 Å². The summed E-state index contributed by atoms with van der Waals surface area (Å²) >= 11 is 0. The van der Waals surface area contributed by atoms with Gasteiger partial charge in [0, 0.05) is 25.2 Å². The molecule has 0 bridgehead atoms. The molecular formula is C19H23N3O4. The van der Waals surface area contributed by atoms with Crippen LogP contribution in [0.3, 0.4) is 0 Å². The second kappa shape index (κ2) is 7.61. The number of carbonyl (C=O) groups is 2. The minimum Gasteiger partial charge on any atom is -0.486 e. The summed E-state index contributed by atoms with van der Waals surface area (Å²) in [6.07, 6.45) is 0.440. The highest BCUT2D eigenvalue weighted by atomic mass is 16.5. The number of furan rings is 1. The van der Waals surface area contributed by atoms with Gasteiger partial charge in [-0.3, -0.25) is 9.59 Å². The Morgan fingerprint density at radius 2 is 2.08 bits per heavy atom. The molecule has 7 heteroatoms. The summed E-state index contributed by atoms with van der Waals surface area (Å²) in [5.74, 6) is 0.951. The molecule has 0 aliphatic carbocycles. The molecular weight excluding hydrogens is 334 g/mol. The van der Waals surface area contributed by atoms with Crippen molar-refractivity contribution in [2.45, 2.75) is 32.0 Å². The van der Waals surface area contributed by atoms with Crippen molar-refractivity contribution < 1.29 is 18.7 Å². The fourth-order valence-corrected chi connectivity index (χ4v) is 3.14. The zero-order valence-electron chi connectivity index (χ0n) is 14.9. The number of nitrogens with two attached hydrogens (primary N) is 1. The quantitative estimate of drug-likeness (QED) is 0.844. The van der Waals surface area contributed by atoms with Crippen LogP contribution in [-0.4, -0.2) is 42.4 Å². The molecule has 0 unspecified atom stereocenters. The topological polar surface area (TPSA) is 97.8 Å². The summed E-state index contributed by atoms with van der Waals surface area (Å²) in [7, 11) is 1.55. The lowest BCUT2D eigenvalue weighted by atomic mass is 10.1. The van der Waals surface area contributed by atoms with Crippen molar-refractivity contribution in [1.82, 2.24) is 10.2 Å². The van der Waals surface area contributed by atoms with Gasteiger partial charge in [0.2, 0.25) is 5.91 Å². The highest BCUT2D eigenvalue weighted by molar-refractivity contribution is 5.97. The van der Waals surface area contributed by atoms with E-state index in [9.17, 15) is 9.59 Å². The van der Waals surface area contributed by atoms with Crippen molar-refractivity contribution in [3.05, 3.63) is 53.5 Å². The highest BCUT2D eigenvalue weighted by Gasteiger charge is 2.39. The molecule has 26 heavy (non-hydrogen) atoms. The molecule has 1 aromatic heterocycles. The van der Waals surface area contributed by atoms with E-state index in [4.69, 9.17) is 14.9 Å². The van der Waals surface area contributed by atoms with Gasteiger partial charge in [0.15, 0.2) is 5.76 Å². The molecule has 1 fully saturated rings. The third-order valence-electron chi connectivity index (χ3n) is 4.43. The number of para-hydroxylation sites is 1. The number of rotatable bonds is 5. The van der Waals surface area contributed by atoms with Crippen molar-refractivity contribution in [1.29, 1.82) is 0 Å². The van der Waals surface area contributed by atoms with Crippen molar-refractivity contribution >= 4 is 11.8 Å². The summed E-state index contributed by atoms with van der Waals surface area (Å²) in [5.41, 5.74) is 6.66. The van der Waals surface area contributed by atoms with Crippen LogP contribution in [0.4, 0.5) is 0 Å². The Morgan fingerprint density at radius 1 is 1.35 bits per heavy atom. The first-order valence-corrected chi connectivity index (χ1v) is 8.55. The second-order valence-electron chi connectivity index (χ2n) is 6.41. The molecule has 3 N–H and O–H groups in total. The average Bonchev–Trinajstić information content (AvgIpc) is 3.22. The summed E-state index contributed by atoms with van der Waals surface area (Å²) in [6, 6.07) is 10.3. The molecule has 1 saturated heterocycles. The van der Waals surface area contributed by atoms with E-state index in [2.05, 4.69) is 5.32 Å². The Morgan fingerprint density at radius 3 is 2.77 bits per heavy atom. The molecule has 0 radical (unpaired) electrons. The number of nitrogens with zero attached hydrogens (tertiary/aromatic N) is 1. The lowest BCUT2D eigenvalue weighted by Crippen LogP contribution is -2.45. The Labute approximate surface area is 152 Å². The van der Waals surface area contributed by atoms with Crippen molar-refractivity contribution in [3.63, 3.8) is 0 Å². The van der Waals surface area contributed by atoms with E-state index in [0.717, 1.165) is 5.75 Å². The van der Waals surface area contributed by atoms with Gasteiger partial charge in [-0.2, -0.15) is 0 Å². The zero-order valence-corrected chi connectivity index (χ0v) is 14.9. The first-order chi connectivity index (χ1) is 12.5. The molecule has 2 heterocycles. The van der Waals surface area contributed by atoms with Gasteiger partial charge in [0.1, 0.15) is 24.2 Å². The van der Waals surface area contributed by atoms with Crippen LogP contribution in [-0.2, 0) is 11.4 Å². The molecule has 1 aliphatic heterocycles. The third kappa shape index (κ3) is 3.72. The van der Waals surface area contributed by atoms with Crippen LogP contribution in [0.1, 0.15) is 28.3 Å².